The average Bonchev–Trinajstić information content (AvgIpc) is 3.40. The maximum absolute atomic E-state index is 12.6. The quantitative estimate of drug-likeness (QED) is 0.541. The van der Waals surface area contributed by atoms with Crippen molar-refractivity contribution >= 4 is 11.8 Å². The van der Waals surface area contributed by atoms with E-state index in [1.54, 1.807) is 0 Å². The summed E-state index contributed by atoms with van der Waals surface area (Å²) in [6.45, 7) is 3.67. The standard InChI is InChI=1S/C29H38N2O2/c32-28(10-6-9-24-7-2-1-3-8-24)31-21-17-27(18-22-31)23-26-13-11-25(12-14-26)15-16-29(33)30-19-4-5-20-30/h1-3,7-8,11-14,27H,4-6,9-10,15-23H2. The first-order chi connectivity index (χ1) is 16.2. The lowest BCUT2D eigenvalue weighted by atomic mass is 9.89. The molecular weight excluding hydrogens is 408 g/mol. The highest BCUT2D eigenvalue weighted by molar-refractivity contribution is 5.77. The average molecular weight is 447 g/mol. The van der Waals surface area contributed by atoms with Gasteiger partial charge in [-0.2, -0.15) is 0 Å². The maximum Gasteiger partial charge on any atom is 0.222 e. The molecule has 0 saturated carbocycles. The summed E-state index contributed by atoms with van der Waals surface area (Å²) in [5.74, 6) is 1.27. The van der Waals surface area contributed by atoms with E-state index in [-0.39, 0.29) is 0 Å². The van der Waals surface area contributed by atoms with Gasteiger partial charge in [-0.25, -0.2) is 0 Å². The van der Waals surface area contributed by atoms with E-state index < -0.39 is 0 Å². The van der Waals surface area contributed by atoms with Gasteiger partial charge in [-0.05, 0) is 74.0 Å². The Morgan fingerprint density at radius 1 is 0.667 bits per heavy atom. The lowest BCUT2D eigenvalue weighted by Gasteiger charge is -2.32. The number of hydrogen-bond acceptors (Lipinski definition) is 2. The molecule has 2 fully saturated rings. The van der Waals surface area contributed by atoms with Gasteiger partial charge in [0.15, 0.2) is 0 Å². The number of rotatable bonds is 9. The van der Waals surface area contributed by atoms with E-state index in [1.807, 2.05) is 11.0 Å². The van der Waals surface area contributed by atoms with Gasteiger partial charge in [0.1, 0.15) is 0 Å². The summed E-state index contributed by atoms with van der Waals surface area (Å²) in [7, 11) is 0. The van der Waals surface area contributed by atoms with E-state index in [9.17, 15) is 9.59 Å². The van der Waals surface area contributed by atoms with Crippen LogP contribution in [0, 0.1) is 5.92 Å². The van der Waals surface area contributed by atoms with Crippen molar-refractivity contribution in [1.29, 1.82) is 0 Å². The Balaban J connectivity index is 1.13. The van der Waals surface area contributed by atoms with Crippen molar-refractivity contribution < 1.29 is 9.59 Å². The van der Waals surface area contributed by atoms with E-state index >= 15 is 0 Å². The number of aryl methyl sites for hydroxylation is 2. The molecule has 0 atom stereocenters. The zero-order valence-corrected chi connectivity index (χ0v) is 19.9. The molecule has 0 N–H and O–H groups in total. The fourth-order valence-electron chi connectivity index (χ4n) is 5.18. The van der Waals surface area contributed by atoms with Gasteiger partial charge in [-0.3, -0.25) is 9.59 Å². The third kappa shape index (κ3) is 7.18. The van der Waals surface area contributed by atoms with Crippen molar-refractivity contribution in [2.75, 3.05) is 26.2 Å². The van der Waals surface area contributed by atoms with Crippen LogP contribution in [0.1, 0.15) is 61.6 Å². The van der Waals surface area contributed by atoms with Gasteiger partial charge in [0.25, 0.3) is 0 Å². The Bertz CT molecular complexity index is 880. The Labute approximate surface area is 199 Å². The fourth-order valence-corrected chi connectivity index (χ4v) is 5.18. The summed E-state index contributed by atoms with van der Waals surface area (Å²) in [5, 5.41) is 0. The largest absolute Gasteiger partial charge is 0.343 e. The van der Waals surface area contributed by atoms with E-state index in [1.165, 1.54) is 16.7 Å². The van der Waals surface area contributed by atoms with Gasteiger partial charge in [0.2, 0.25) is 11.8 Å². The molecule has 2 aliphatic rings. The Morgan fingerprint density at radius 2 is 1.24 bits per heavy atom. The minimum Gasteiger partial charge on any atom is -0.343 e. The normalized spacial score (nSPS) is 16.8. The lowest BCUT2D eigenvalue weighted by molar-refractivity contribution is -0.132. The van der Waals surface area contributed by atoms with Crippen molar-refractivity contribution in [2.24, 2.45) is 5.92 Å². The predicted molar refractivity (Wildman–Crippen MR) is 133 cm³/mol. The molecule has 2 heterocycles. The van der Waals surface area contributed by atoms with Crippen LogP contribution in [-0.4, -0.2) is 47.8 Å². The molecule has 4 heteroatoms. The first-order valence-corrected chi connectivity index (χ1v) is 12.8. The summed E-state index contributed by atoms with van der Waals surface area (Å²) in [5.41, 5.74) is 3.94. The van der Waals surface area contributed by atoms with Gasteiger partial charge in [0, 0.05) is 39.0 Å². The molecule has 2 amide bonds. The minimum atomic E-state index is 0.304. The minimum absolute atomic E-state index is 0.304. The summed E-state index contributed by atoms with van der Waals surface area (Å²) < 4.78 is 0. The molecule has 2 aliphatic heterocycles. The molecule has 0 aliphatic carbocycles. The van der Waals surface area contributed by atoms with Crippen LogP contribution in [0.5, 0.6) is 0 Å². The third-order valence-electron chi connectivity index (χ3n) is 7.30. The van der Waals surface area contributed by atoms with E-state index in [2.05, 4.69) is 53.4 Å². The van der Waals surface area contributed by atoms with Crippen LogP contribution in [0.4, 0.5) is 0 Å². The van der Waals surface area contributed by atoms with E-state index in [4.69, 9.17) is 0 Å². The number of hydrogen-bond donors (Lipinski definition) is 0. The zero-order chi connectivity index (χ0) is 22.9. The van der Waals surface area contributed by atoms with Crippen LogP contribution in [0.2, 0.25) is 0 Å². The van der Waals surface area contributed by atoms with Gasteiger partial charge >= 0.3 is 0 Å². The van der Waals surface area contributed by atoms with Gasteiger partial charge in [-0.15, -0.1) is 0 Å². The van der Waals surface area contributed by atoms with Gasteiger partial charge in [0.05, 0.1) is 0 Å². The number of likely N-dealkylation sites (tertiary alicyclic amines) is 2. The molecule has 4 nitrogen and oxygen atoms in total. The number of benzene rings is 2. The van der Waals surface area contributed by atoms with Crippen LogP contribution in [0.25, 0.3) is 0 Å². The maximum atomic E-state index is 12.6. The van der Waals surface area contributed by atoms with Crippen molar-refractivity contribution in [2.45, 2.75) is 64.2 Å². The molecule has 0 unspecified atom stereocenters. The molecule has 2 aromatic carbocycles. The molecule has 2 saturated heterocycles. The molecular formula is C29H38N2O2. The SMILES string of the molecule is O=C(CCc1ccc(CC2CCN(C(=O)CCCc3ccccc3)CC2)cc1)N1CCCC1. The van der Waals surface area contributed by atoms with Crippen LogP contribution in [-0.2, 0) is 28.9 Å². The third-order valence-corrected chi connectivity index (χ3v) is 7.30. The van der Waals surface area contributed by atoms with Gasteiger partial charge < -0.3 is 9.80 Å². The van der Waals surface area contributed by atoms with Crippen molar-refractivity contribution in [3.05, 3.63) is 71.3 Å². The van der Waals surface area contributed by atoms with Gasteiger partial charge in [-0.1, -0.05) is 54.6 Å². The zero-order valence-electron chi connectivity index (χ0n) is 19.9. The number of carbonyl (C=O) groups excluding carboxylic acids is 2. The fraction of sp³-hybridized carbons (Fsp3) is 0.517. The first-order valence-electron chi connectivity index (χ1n) is 12.8. The van der Waals surface area contributed by atoms with Crippen molar-refractivity contribution in [3.63, 3.8) is 0 Å². The molecule has 0 bridgehead atoms. The molecule has 0 spiro atoms. The highest BCUT2D eigenvalue weighted by atomic mass is 16.2. The second-order valence-electron chi connectivity index (χ2n) is 9.77. The predicted octanol–water partition coefficient (Wildman–Crippen LogP) is 5.05. The molecule has 176 valence electrons. The summed E-state index contributed by atoms with van der Waals surface area (Å²) in [6.07, 6.45) is 9.60. The summed E-state index contributed by atoms with van der Waals surface area (Å²) in [6, 6.07) is 19.3. The van der Waals surface area contributed by atoms with Crippen molar-refractivity contribution in [3.8, 4) is 0 Å². The van der Waals surface area contributed by atoms with Crippen LogP contribution in [0.15, 0.2) is 54.6 Å². The molecule has 0 radical (unpaired) electrons. The second kappa shape index (κ2) is 12.0. The molecule has 0 aromatic heterocycles. The van der Waals surface area contributed by atoms with Crippen molar-refractivity contribution in [1.82, 2.24) is 9.80 Å². The van der Waals surface area contributed by atoms with E-state index in [0.717, 1.165) is 77.5 Å². The Kier molecular flexibility index (Phi) is 8.57. The van der Waals surface area contributed by atoms with Crippen LogP contribution >= 0.6 is 0 Å². The smallest absolute Gasteiger partial charge is 0.222 e. The lowest BCUT2D eigenvalue weighted by Crippen LogP contribution is -2.38. The monoisotopic (exact) mass is 446 g/mol. The summed E-state index contributed by atoms with van der Waals surface area (Å²) >= 11 is 0. The Morgan fingerprint density at radius 3 is 1.94 bits per heavy atom. The number of carbonyl (C=O) groups is 2. The summed E-state index contributed by atoms with van der Waals surface area (Å²) in [4.78, 5) is 28.9. The highest BCUT2D eigenvalue weighted by Gasteiger charge is 2.23. The molecule has 33 heavy (non-hydrogen) atoms. The van der Waals surface area contributed by atoms with Crippen LogP contribution in [0.3, 0.4) is 0 Å². The molecule has 2 aromatic rings. The van der Waals surface area contributed by atoms with Crippen LogP contribution < -0.4 is 0 Å². The first kappa shape index (κ1) is 23.5. The number of piperidine rings is 1. The second-order valence-corrected chi connectivity index (χ2v) is 9.77. The number of amides is 2. The Hall–Kier alpha value is -2.62. The number of nitrogens with zero attached hydrogens (tertiary/aromatic N) is 2. The molecule has 4 rings (SSSR count). The van der Waals surface area contributed by atoms with E-state index in [0.29, 0.717) is 30.6 Å². The topological polar surface area (TPSA) is 40.6 Å². The highest BCUT2D eigenvalue weighted by Crippen LogP contribution is 2.23.